The Bertz CT molecular complexity index is 277. The Kier molecular flexibility index (Phi) is 17.1. The molecule has 6 nitrogen and oxygen atoms in total. The Morgan fingerprint density at radius 3 is 1.09 bits per heavy atom. The first kappa shape index (κ1) is 28.6. The molecule has 0 fully saturated rings. The van der Waals surface area contributed by atoms with Gasteiger partial charge in [0.2, 0.25) is 11.8 Å². The van der Waals surface area contributed by atoms with Crippen LogP contribution < -0.4 is 22.1 Å². The van der Waals surface area contributed by atoms with Gasteiger partial charge in [-0.15, -0.1) is 0 Å². The van der Waals surface area contributed by atoms with Crippen LogP contribution in [0.25, 0.3) is 0 Å². The van der Waals surface area contributed by atoms with Crippen LogP contribution >= 0.6 is 0 Å². The Morgan fingerprint density at radius 2 is 0.955 bits per heavy atom. The van der Waals surface area contributed by atoms with Crippen molar-refractivity contribution in [1.82, 2.24) is 10.6 Å². The van der Waals surface area contributed by atoms with Crippen molar-refractivity contribution in [2.24, 2.45) is 11.5 Å². The maximum Gasteiger partial charge on any atom is 0.405 e. The highest BCUT2D eigenvalue weighted by Crippen LogP contribution is 2.12. The second-order valence-electron chi connectivity index (χ2n) is 3.19. The number of carbonyl (C=O) groups is 2. The standard InChI is InChI=1S/2C4H7F3N2O.2CH4/c2*5-4(6,7)2-9-3(10)1-8;;/h2*1-2,8H2,(H,9,10);2*1H4. The summed E-state index contributed by atoms with van der Waals surface area (Å²) in [7, 11) is 0. The van der Waals surface area contributed by atoms with E-state index < -0.39 is 50.3 Å². The topological polar surface area (TPSA) is 110 Å². The molecule has 12 heteroatoms. The molecule has 0 unspecified atom stereocenters. The lowest BCUT2D eigenvalue weighted by Gasteiger charge is -2.06. The van der Waals surface area contributed by atoms with Crippen LogP contribution in [0.5, 0.6) is 0 Å². The Balaban J connectivity index is -0.000000135. The van der Waals surface area contributed by atoms with E-state index in [0.29, 0.717) is 0 Å². The van der Waals surface area contributed by atoms with Gasteiger partial charge in [-0.3, -0.25) is 9.59 Å². The molecule has 2 amide bonds. The molecular formula is C10H22F6N4O2. The van der Waals surface area contributed by atoms with Gasteiger partial charge in [-0.05, 0) is 0 Å². The fraction of sp³-hybridized carbons (Fsp3) is 0.800. The van der Waals surface area contributed by atoms with Gasteiger partial charge >= 0.3 is 12.4 Å². The SMILES string of the molecule is C.C.NCC(=O)NCC(F)(F)F.NCC(=O)NCC(F)(F)F. The monoisotopic (exact) mass is 344 g/mol. The van der Waals surface area contributed by atoms with Crippen molar-refractivity contribution >= 4 is 11.8 Å². The quantitative estimate of drug-likeness (QED) is 0.557. The number of halogens is 6. The van der Waals surface area contributed by atoms with Crippen LogP contribution in [0, 0.1) is 0 Å². The Morgan fingerprint density at radius 1 is 0.727 bits per heavy atom. The summed E-state index contributed by atoms with van der Waals surface area (Å²) in [6.45, 7) is -3.47. The molecule has 0 bridgehead atoms. The van der Waals surface area contributed by atoms with E-state index in [2.05, 4.69) is 0 Å². The third kappa shape index (κ3) is 26.9. The van der Waals surface area contributed by atoms with Crippen molar-refractivity contribution in [3.8, 4) is 0 Å². The van der Waals surface area contributed by atoms with Gasteiger partial charge in [-0.2, -0.15) is 26.3 Å². The summed E-state index contributed by atoms with van der Waals surface area (Å²) >= 11 is 0. The van der Waals surface area contributed by atoms with Crippen molar-refractivity contribution < 1.29 is 35.9 Å². The number of alkyl halides is 6. The lowest BCUT2D eigenvalue weighted by Crippen LogP contribution is -2.37. The fourth-order valence-corrected chi connectivity index (χ4v) is 0.542. The normalized spacial score (nSPS) is 10.2. The molecule has 0 aliphatic carbocycles. The molecule has 0 saturated heterocycles. The second kappa shape index (κ2) is 13.1. The zero-order chi connectivity index (χ0) is 16.4. The molecule has 0 heterocycles. The van der Waals surface area contributed by atoms with Crippen LogP contribution in [0.3, 0.4) is 0 Å². The Labute approximate surface area is 124 Å². The largest absolute Gasteiger partial charge is 0.405 e. The zero-order valence-electron chi connectivity index (χ0n) is 10.1. The van der Waals surface area contributed by atoms with E-state index in [9.17, 15) is 35.9 Å². The molecule has 0 aliphatic rings. The minimum atomic E-state index is -4.36. The third-order valence-electron chi connectivity index (χ3n) is 1.34. The van der Waals surface area contributed by atoms with Crippen LogP contribution in [0.1, 0.15) is 14.9 Å². The van der Waals surface area contributed by atoms with E-state index in [-0.39, 0.29) is 14.9 Å². The van der Waals surface area contributed by atoms with E-state index >= 15 is 0 Å². The van der Waals surface area contributed by atoms with Gasteiger partial charge in [0, 0.05) is 0 Å². The van der Waals surface area contributed by atoms with Gasteiger partial charge in [0.1, 0.15) is 13.1 Å². The first-order valence-corrected chi connectivity index (χ1v) is 4.98. The van der Waals surface area contributed by atoms with E-state index in [1.807, 2.05) is 0 Å². The Hall–Kier alpha value is -1.56. The molecule has 6 N–H and O–H groups in total. The molecular weight excluding hydrogens is 322 g/mol. The molecule has 0 radical (unpaired) electrons. The minimum absolute atomic E-state index is 0. The van der Waals surface area contributed by atoms with Crippen molar-refractivity contribution in [3.05, 3.63) is 0 Å². The average molecular weight is 344 g/mol. The molecule has 0 aliphatic heterocycles. The smallest absolute Gasteiger partial charge is 0.346 e. The summed E-state index contributed by atoms with van der Waals surface area (Å²) in [5, 5.41) is 3.17. The van der Waals surface area contributed by atoms with Gasteiger partial charge in [0.15, 0.2) is 0 Å². The van der Waals surface area contributed by atoms with Gasteiger partial charge < -0.3 is 22.1 Å². The summed E-state index contributed by atoms with van der Waals surface area (Å²) in [5.41, 5.74) is 9.44. The summed E-state index contributed by atoms with van der Waals surface area (Å²) < 4.78 is 67.8. The van der Waals surface area contributed by atoms with Gasteiger partial charge in [-0.25, -0.2) is 0 Å². The molecule has 0 rings (SSSR count). The number of hydrogen-bond donors (Lipinski definition) is 4. The van der Waals surface area contributed by atoms with Gasteiger partial charge in [-0.1, -0.05) is 14.9 Å². The van der Waals surface area contributed by atoms with E-state index in [1.54, 1.807) is 10.6 Å². The predicted octanol–water partition coefficient (Wildman–Crippen LogP) is 0.519. The maximum absolute atomic E-state index is 11.3. The molecule has 0 atom stereocenters. The second-order valence-corrected chi connectivity index (χ2v) is 3.19. The lowest BCUT2D eigenvalue weighted by atomic mass is 10.5. The van der Waals surface area contributed by atoms with Crippen molar-refractivity contribution in [2.75, 3.05) is 26.2 Å². The highest BCUT2D eigenvalue weighted by Gasteiger charge is 2.27. The van der Waals surface area contributed by atoms with E-state index in [4.69, 9.17) is 11.5 Å². The van der Waals surface area contributed by atoms with E-state index in [0.717, 1.165) is 0 Å². The minimum Gasteiger partial charge on any atom is -0.346 e. The fourth-order valence-electron chi connectivity index (χ4n) is 0.542. The summed E-state index contributed by atoms with van der Waals surface area (Å²) in [6, 6.07) is 0. The van der Waals surface area contributed by atoms with Crippen LogP contribution in [0.15, 0.2) is 0 Å². The summed E-state index contributed by atoms with van der Waals surface area (Å²) in [6.07, 6.45) is -8.71. The first-order chi connectivity index (χ1) is 8.91. The predicted molar refractivity (Wildman–Crippen MR) is 69.7 cm³/mol. The number of hydrogen-bond acceptors (Lipinski definition) is 4. The van der Waals surface area contributed by atoms with Crippen LogP contribution in [0.4, 0.5) is 26.3 Å². The van der Waals surface area contributed by atoms with Gasteiger partial charge in [0.05, 0.1) is 13.1 Å². The maximum atomic E-state index is 11.3. The number of rotatable bonds is 4. The molecule has 0 aromatic carbocycles. The summed E-state index contributed by atoms with van der Waals surface area (Å²) in [5.74, 6) is -1.62. The van der Waals surface area contributed by atoms with E-state index in [1.165, 1.54) is 0 Å². The molecule has 22 heavy (non-hydrogen) atoms. The third-order valence-corrected chi connectivity index (χ3v) is 1.34. The molecule has 0 aromatic heterocycles. The van der Waals surface area contributed by atoms with Crippen molar-refractivity contribution in [3.63, 3.8) is 0 Å². The molecule has 0 aromatic rings. The zero-order valence-corrected chi connectivity index (χ0v) is 10.1. The number of nitrogens with two attached hydrogens (primary N) is 2. The molecule has 0 spiro atoms. The summed E-state index contributed by atoms with van der Waals surface area (Å²) in [4.78, 5) is 20.2. The number of carbonyl (C=O) groups excluding carboxylic acids is 2. The highest BCUT2D eigenvalue weighted by molar-refractivity contribution is 5.78. The van der Waals surface area contributed by atoms with Crippen molar-refractivity contribution in [1.29, 1.82) is 0 Å². The average Bonchev–Trinajstić information content (AvgIpc) is 2.31. The molecule has 0 saturated carbocycles. The number of nitrogens with one attached hydrogen (secondary N) is 2. The van der Waals surface area contributed by atoms with Crippen LogP contribution in [0.2, 0.25) is 0 Å². The lowest BCUT2D eigenvalue weighted by molar-refractivity contribution is -0.137. The van der Waals surface area contributed by atoms with Crippen LogP contribution in [-0.4, -0.2) is 50.3 Å². The first-order valence-electron chi connectivity index (χ1n) is 4.98. The van der Waals surface area contributed by atoms with Crippen LogP contribution in [-0.2, 0) is 9.59 Å². The van der Waals surface area contributed by atoms with Crippen molar-refractivity contribution in [2.45, 2.75) is 27.2 Å². The molecule has 136 valence electrons. The number of amides is 2. The van der Waals surface area contributed by atoms with Gasteiger partial charge in [0.25, 0.3) is 0 Å². The highest BCUT2D eigenvalue weighted by atomic mass is 19.4.